The van der Waals surface area contributed by atoms with Crippen molar-refractivity contribution >= 4 is 5.91 Å². The second kappa shape index (κ2) is 5.94. The van der Waals surface area contributed by atoms with Crippen LogP contribution in [0.1, 0.15) is 59.4 Å². The van der Waals surface area contributed by atoms with Crippen LogP contribution in [0.4, 0.5) is 0 Å². The van der Waals surface area contributed by atoms with Gasteiger partial charge in [-0.25, -0.2) is 0 Å². The SMILES string of the molecule is Cc1noc(CC2(O)CCCN(C(=O)c3cn(C)nc3C3CC3)C2)n1. The molecule has 3 heterocycles. The van der Waals surface area contributed by atoms with E-state index in [-0.39, 0.29) is 18.9 Å². The van der Waals surface area contributed by atoms with E-state index in [1.54, 1.807) is 22.7 Å². The quantitative estimate of drug-likeness (QED) is 0.894. The van der Waals surface area contributed by atoms with Gasteiger partial charge in [0, 0.05) is 25.7 Å². The van der Waals surface area contributed by atoms with Crippen molar-refractivity contribution in [3.8, 4) is 0 Å². The number of carbonyl (C=O) groups is 1. The maximum absolute atomic E-state index is 13.0. The van der Waals surface area contributed by atoms with E-state index in [2.05, 4.69) is 15.2 Å². The Morgan fingerprint density at radius 2 is 2.28 bits per heavy atom. The van der Waals surface area contributed by atoms with Crippen molar-refractivity contribution in [1.82, 2.24) is 24.8 Å². The Kier molecular flexibility index (Phi) is 3.87. The monoisotopic (exact) mass is 345 g/mol. The molecule has 2 aliphatic rings. The molecule has 1 amide bonds. The zero-order valence-electron chi connectivity index (χ0n) is 14.6. The van der Waals surface area contributed by atoms with E-state index in [1.165, 1.54) is 0 Å². The molecule has 1 aliphatic carbocycles. The summed E-state index contributed by atoms with van der Waals surface area (Å²) in [4.78, 5) is 18.9. The van der Waals surface area contributed by atoms with Gasteiger partial charge in [-0.2, -0.15) is 10.1 Å². The molecule has 2 aromatic rings. The summed E-state index contributed by atoms with van der Waals surface area (Å²) in [5.74, 6) is 1.32. The highest BCUT2D eigenvalue weighted by Crippen LogP contribution is 2.41. The van der Waals surface area contributed by atoms with E-state index in [9.17, 15) is 9.90 Å². The molecule has 25 heavy (non-hydrogen) atoms. The molecule has 1 atom stereocenters. The van der Waals surface area contributed by atoms with Crippen LogP contribution in [-0.2, 0) is 13.5 Å². The molecule has 1 aliphatic heterocycles. The minimum atomic E-state index is -1.03. The molecule has 8 nitrogen and oxygen atoms in total. The molecular weight excluding hydrogens is 322 g/mol. The number of likely N-dealkylation sites (tertiary alicyclic amines) is 1. The van der Waals surface area contributed by atoms with E-state index in [1.807, 2.05) is 7.05 Å². The highest BCUT2D eigenvalue weighted by molar-refractivity contribution is 5.95. The Balaban J connectivity index is 1.51. The molecule has 1 saturated carbocycles. The van der Waals surface area contributed by atoms with E-state index < -0.39 is 5.60 Å². The molecule has 0 aromatic carbocycles. The number of hydrogen-bond donors (Lipinski definition) is 1. The molecule has 0 bridgehead atoms. The first-order valence-corrected chi connectivity index (χ1v) is 8.78. The Hall–Kier alpha value is -2.22. The highest BCUT2D eigenvalue weighted by Gasteiger charge is 2.39. The minimum Gasteiger partial charge on any atom is -0.388 e. The van der Waals surface area contributed by atoms with Gasteiger partial charge in [-0.15, -0.1) is 0 Å². The molecule has 2 aromatic heterocycles. The average molecular weight is 345 g/mol. The molecule has 134 valence electrons. The van der Waals surface area contributed by atoms with Gasteiger partial charge in [0.1, 0.15) is 0 Å². The summed E-state index contributed by atoms with van der Waals surface area (Å²) < 4.78 is 6.84. The van der Waals surface area contributed by atoms with Crippen LogP contribution in [0.5, 0.6) is 0 Å². The number of hydrogen-bond acceptors (Lipinski definition) is 6. The summed E-state index contributed by atoms with van der Waals surface area (Å²) in [5.41, 5.74) is 0.534. The number of aryl methyl sites for hydroxylation is 2. The lowest BCUT2D eigenvalue weighted by Gasteiger charge is -2.38. The van der Waals surface area contributed by atoms with Crippen molar-refractivity contribution in [2.45, 2.75) is 50.5 Å². The summed E-state index contributed by atoms with van der Waals surface area (Å²) in [6.45, 7) is 2.66. The second-order valence-electron chi connectivity index (χ2n) is 7.34. The number of amides is 1. The standard InChI is InChI=1S/C17H23N5O3/c1-11-18-14(25-20-11)8-17(24)6-3-7-22(10-17)16(23)13-9-21(2)19-15(13)12-4-5-12/h9,12,24H,3-8,10H2,1-2H3. The van der Waals surface area contributed by atoms with Gasteiger partial charge in [0.25, 0.3) is 5.91 Å². The fourth-order valence-corrected chi connectivity index (χ4v) is 3.62. The summed E-state index contributed by atoms with van der Waals surface area (Å²) >= 11 is 0. The zero-order chi connectivity index (χ0) is 17.6. The molecule has 1 unspecified atom stereocenters. The predicted octanol–water partition coefficient (Wildman–Crippen LogP) is 1.20. The molecular formula is C17H23N5O3. The molecule has 1 saturated heterocycles. The van der Waals surface area contributed by atoms with Crippen LogP contribution in [-0.4, -0.2) is 54.5 Å². The maximum Gasteiger partial charge on any atom is 0.257 e. The van der Waals surface area contributed by atoms with Crippen molar-refractivity contribution < 1.29 is 14.4 Å². The summed E-state index contributed by atoms with van der Waals surface area (Å²) in [6, 6.07) is 0. The number of carbonyl (C=O) groups excluding carboxylic acids is 1. The van der Waals surface area contributed by atoms with Crippen LogP contribution in [0.3, 0.4) is 0 Å². The van der Waals surface area contributed by atoms with Gasteiger partial charge in [-0.1, -0.05) is 5.16 Å². The number of aliphatic hydroxyl groups is 1. The first kappa shape index (κ1) is 16.3. The minimum absolute atomic E-state index is 0.0464. The Labute approximate surface area is 145 Å². The second-order valence-corrected chi connectivity index (χ2v) is 7.34. The fourth-order valence-electron chi connectivity index (χ4n) is 3.62. The lowest BCUT2D eigenvalue weighted by atomic mass is 9.89. The third-order valence-electron chi connectivity index (χ3n) is 4.94. The lowest BCUT2D eigenvalue weighted by molar-refractivity contribution is -0.0287. The molecule has 2 fully saturated rings. The van der Waals surface area contributed by atoms with Crippen molar-refractivity contribution in [2.24, 2.45) is 7.05 Å². The van der Waals surface area contributed by atoms with Crippen molar-refractivity contribution in [1.29, 1.82) is 0 Å². The summed E-state index contributed by atoms with van der Waals surface area (Å²) in [5, 5.41) is 19.2. The van der Waals surface area contributed by atoms with E-state index in [0.717, 1.165) is 25.0 Å². The summed E-state index contributed by atoms with van der Waals surface area (Å²) in [7, 11) is 1.84. The third-order valence-corrected chi connectivity index (χ3v) is 4.94. The molecule has 1 N–H and O–H groups in total. The Bertz CT molecular complexity index is 794. The number of aromatic nitrogens is 4. The number of rotatable bonds is 4. The highest BCUT2D eigenvalue weighted by atomic mass is 16.5. The van der Waals surface area contributed by atoms with Gasteiger partial charge in [0.2, 0.25) is 5.89 Å². The van der Waals surface area contributed by atoms with E-state index in [4.69, 9.17) is 4.52 Å². The van der Waals surface area contributed by atoms with Crippen molar-refractivity contribution in [3.63, 3.8) is 0 Å². The van der Waals surface area contributed by atoms with Gasteiger partial charge >= 0.3 is 0 Å². The van der Waals surface area contributed by atoms with Crippen LogP contribution in [0.2, 0.25) is 0 Å². The zero-order valence-corrected chi connectivity index (χ0v) is 14.6. The number of nitrogens with zero attached hydrogens (tertiary/aromatic N) is 5. The van der Waals surface area contributed by atoms with Crippen molar-refractivity contribution in [3.05, 3.63) is 29.2 Å². The van der Waals surface area contributed by atoms with Gasteiger partial charge < -0.3 is 14.5 Å². The number of β-amino-alcohol motifs (C(OH)–C–C–N with tert-alkyl or cyclic N) is 1. The smallest absolute Gasteiger partial charge is 0.257 e. The summed E-state index contributed by atoms with van der Waals surface area (Å²) in [6.07, 6.45) is 5.61. The topological polar surface area (TPSA) is 97.3 Å². The Morgan fingerprint density at radius 1 is 1.48 bits per heavy atom. The van der Waals surface area contributed by atoms with Gasteiger partial charge in [0.05, 0.1) is 29.8 Å². The maximum atomic E-state index is 13.0. The van der Waals surface area contributed by atoms with Gasteiger partial charge in [0.15, 0.2) is 5.82 Å². The fraction of sp³-hybridized carbons (Fsp3) is 0.647. The third kappa shape index (κ3) is 3.30. The van der Waals surface area contributed by atoms with Gasteiger partial charge in [-0.05, 0) is 32.6 Å². The van der Waals surface area contributed by atoms with Crippen LogP contribution in [0.25, 0.3) is 0 Å². The van der Waals surface area contributed by atoms with Crippen molar-refractivity contribution in [2.75, 3.05) is 13.1 Å². The Morgan fingerprint density at radius 3 is 2.96 bits per heavy atom. The number of piperidine rings is 1. The predicted molar refractivity (Wildman–Crippen MR) is 88.0 cm³/mol. The molecule has 4 rings (SSSR count). The molecule has 8 heteroatoms. The average Bonchev–Trinajstić information content (AvgIpc) is 3.23. The first-order chi connectivity index (χ1) is 11.9. The van der Waals surface area contributed by atoms with Gasteiger partial charge in [-0.3, -0.25) is 9.48 Å². The first-order valence-electron chi connectivity index (χ1n) is 8.78. The van der Waals surface area contributed by atoms with E-state index >= 15 is 0 Å². The van der Waals surface area contributed by atoms with Crippen LogP contribution in [0, 0.1) is 6.92 Å². The molecule has 0 spiro atoms. The normalized spacial score (nSPS) is 23.9. The van der Waals surface area contributed by atoms with Crippen LogP contribution < -0.4 is 0 Å². The van der Waals surface area contributed by atoms with Crippen LogP contribution in [0.15, 0.2) is 10.7 Å². The van der Waals surface area contributed by atoms with E-state index in [0.29, 0.717) is 36.2 Å². The molecule has 0 radical (unpaired) electrons. The largest absolute Gasteiger partial charge is 0.388 e. The van der Waals surface area contributed by atoms with Crippen LogP contribution >= 0.6 is 0 Å². The lowest BCUT2D eigenvalue weighted by Crippen LogP contribution is -2.51.